The van der Waals surface area contributed by atoms with E-state index in [4.69, 9.17) is 10.5 Å². The number of hydrogen-bond donors (Lipinski definition) is 1. The molecule has 5 heteroatoms. The molecule has 0 radical (unpaired) electrons. The summed E-state index contributed by atoms with van der Waals surface area (Å²) < 4.78 is 5.67. The number of nitrogens with zero attached hydrogens (tertiary/aromatic N) is 2. The van der Waals surface area contributed by atoms with Gasteiger partial charge >= 0.3 is 0 Å². The molecule has 0 amide bonds. The van der Waals surface area contributed by atoms with Gasteiger partial charge in [-0.2, -0.15) is 0 Å². The first-order valence-electron chi connectivity index (χ1n) is 6.16. The van der Waals surface area contributed by atoms with E-state index in [0.717, 1.165) is 16.4 Å². The zero-order valence-corrected chi connectivity index (χ0v) is 11.5. The van der Waals surface area contributed by atoms with Crippen molar-refractivity contribution >= 4 is 17.0 Å². The fourth-order valence-corrected chi connectivity index (χ4v) is 2.52. The van der Waals surface area contributed by atoms with Gasteiger partial charge in [0, 0.05) is 11.6 Å². The number of hydrogen-bond acceptors (Lipinski definition) is 5. The van der Waals surface area contributed by atoms with Crippen molar-refractivity contribution in [2.24, 2.45) is 0 Å². The van der Waals surface area contributed by atoms with Crippen LogP contribution in [0.2, 0.25) is 0 Å². The summed E-state index contributed by atoms with van der Waals surface area (Å²) in [5.41, 5.74) is 8.21. The Hall–Kier alpha value is -2.40. The summed E-state index contributed by atoms with van der Waals surface area (Å²) in [6.07, 6.45) is 1.76. The number of benzene rings is 1. The molecule has 2 N–H and O–H groups in total. The quantitative estimate of drug-likeness (QED) is 0.746. The maximum atomic E-state index is 5.83. The molecule has 0 aliphatic carbocycles. The van der Waals surface area contributed by atoms with Crippen LogP contribution < -0.4 is 10.5 Å². The molecule has 0 aliphatic heterocycles. The Morgan fingerprint density at radius 3 is 2.75 bits per heavy atom. The Labute approximate surface area is 120 Å². The van der Waals surface area contributed by atoms with Gasteiger partial charge in [-0.1, -0.05) is 18.2 Å². The Bertz CT molecular complexity index is 697. The number of pyridine rings is 1. The second kappa shape index (κ2) is 5.71. The molecular formula is C15H13N3OS. The van der Waals surface area contributed by atoms with Gasteiger partial charge < -0.3 is 10.5 Å². The van der Waals surface area contributed by atoms with Crippen LogP contribution in [0, 0.1) is 0 Å². The van der Waals surface area contributed by atoms with Gasteiger partial charge in [0.15, 0.2) is 0 Å². The third-order valence-electron chi connectivity index (χ3n) is 2.73. The molecule has 2 heterocycles. The summed E-state index contributed by atoms with van der Waals surface area (Å²) in [6, 6.07) is 13.2. The monoisotopic (exact) mass is 283 g/mol. The first-order valence-corrected chi connectivity index (χ1v) is 7.04. The largest absolute Gasteiger partial charge is 0.485 e. The van der Waals surface area contributed by atoms with Gasteiger partial charge in [-0.05, 0) is 24.3 Å². The zero-order valence-electron chi connectivity index (χ0n) is 10.7. The van der Waals surface area contributed by atoms with Crippen LogP contribution in [0.4, 0.5) is 5.69 Å². The Morgan fingerprint density at radius 1 is 1.10 bits per heavy atom. The molecule has 100 valence electrons. The first kappa shape index (κ1) is 12.6. The highest BCUT2D eigenvalue weighted by molar-refractivity contribution is 7.13. The number of nitrogen functional groups attached to an aromatic ring is 1. The maximum Gasteiger partial charge on any atom is 0.142 e. The summed E-state index contributed by atoms with van der Waals surface area (Å²) in [6.45, 7) is 0.400. The predicted octanol–water partition coefficient (Wildman–Crippen LogP) is 3.37. The second-order valence-corrected chi connectivity index (χ2v) is 5.04. The van der Waals surface area contributed by atoms with Gasteiger partial charge in [0.25, 0.3) is 0 Å². The fraction of sp³-hybridized carbons (Fsp3) is 0.0667. The van der Waals surface area contributed by atoms with E-state index in [9.17, 15) is 0 Å². The average molecular weight is 283 g/mol. The predicted molar refractivity (Wildman–Crippen MR) is 80.5 cm³/mol. The Morgan fingerprint density at radius 2 is 1.95 bits per heavy atom. The molecule has 0 atom stereocenters. The Kier molecular flexibility index (Phi) is 3.60. The van der Waals surface area contributed by atoms with Gasteiger partial charge in [-0.15, -0.1) is 11.3 Å². The molecule has 20 heavy (non-hydrogen) atoms. The molecule has 0 fully saturated rings. The topological polar surface area (TPSA) is 61.0 Å². The molecule has 0 unspecified atom stereocenters. The van der Waals surface area contributed by atoms with Gasteiger partial charge in [0.05, 0.1) is 17.1 Å². The minimum atomic E-state index is 0.400. The number of para-hydroxylation sites is 2. The summed E-state index contributed by atoms with van der Waals surface area (Å²) in [5, 5.41) is 2.87. The number of nitrogens with two attached hydrogens (primary N) is 1. The van der Waals surface area contributed by atoms with Gasteiger partial charge in [-0.3, -0.25) is 4.98 Å². The molecule has 0 saturated heterocycles. The highest BCUT2D eigenvalue weighted by atomic mass is 32.1. The van der Waals surface area contributed by atoms with Crippen LogP contribution in [-0.2, 0) is 6.61 Å². The molecule has 0 saturated carbocycles. The van der Waals surface area contributed by atoms with Crippen molar-refractivity contribution in [2.45, 2.75) is 6.61 Å². The van der Waals surface area contributed by atoms with Gasteiger partial charge in [0.2, 0.25) is 0 Å². The first-order chi connectivity index (χ1) is 9.83. The minimum Gasteiger partial charge on any atom is -0.485 e. The second-order valence-electron chi connectivity index (χ2n) is 4.19. The molecule has 3 rings (SSSR count). The van der Waals surface area contributed by atoms with E-state index in [0.29, 0.717) is 18.0 Å². The van der Waals surface area contributed by atoms with Crippen LogP contribution >= 0.6 is 11.3 Å². The number of ether oxygens (including phenoxy) is 1. The summed E-state index contributed by atoms with van der Waals surface area (Å²) >= 11 is 1.56. The Balaban J connectivity index is 1.71. The molecule has 4 nitrogen and oxygen atoms in total. The van der Waals surface area contributed by atoms with Crippen molar-refractivity contribution in [3.63, 3.8) is 0 Å². The number of thiazole rings is 1. The lowest BCUT2D eigenvalue weighted by Crippen LogP contribution is -1.98. The summed E-state index contributed by atoms with van der Waals surface area (Å²) in [7, 11) is 0. The molecule has 1 aromatic carbocycles. The lowest BCUT2D eigenvalue weighted by atomic mass is 10.3. The summed E-state index contributed by atoms with van der Waals surface area (Å²) in [4.78, 5) is 8.80. The molecular weight excluding hydrogens is 270 g/mol. The van der Waals surface area contributed by atoms with Crippen molar-refractivity contribution in [1.29, 1.82) is 0 Å². The van der Waals surface area contributed by atoms with Crippen molar-refractivity contribution in [1.82, 2.24) is 9.97 Å². The van der Waals surface area contributed by atoms with Crippen molar-refractivity contribution in [3.05, 3.63) is 59.7 Å². The standard InChI is InChI=1S/C15H13N3OS/c16-12-5-1-2-7-14(12)19-9-11-10-20-15(18-11)13-6-3-4-8-17-13/h1-8,10H,9,16H2. The van der Waals surface area contributed by atoms with E-state index in [1.807, 2.05) is 47.8 Å². The van der Waals surface area contributed by atoms with Crippen LogP contribution in [0.15, 0.2) is 54.0 Å². The highest BCUT2D eigenvalue weighted by Gasteiger charge is 2.06. The van der Waals surface area contributed by atoms with Crippen LogP contribution in [-0.4, -0.2) is 9.97 Å². The molecule has 0 spiro atoms. The molecule has 0 aliphatic rings. The third-order valence-corrected chi connectivity index (χ3v) is 3.64. The van der Waals surface area contributed by atoms with Crippen molar-refractivity contribution in [3.8, 4) is 16.5 Å². The highest BCUT2D eigenvalue weighted by Crippen LogP contribution is 2.24. The van der Waals surface area contributed by atoms with Crippen LogP contribution in [0.5, 0.6) is 5.75 Å². The van der Waals surface area contributed by atoms with Crippen LogP contribution in [0.3, 0.4) is 0 Å². The lowest BCUT2D eigenvalue weighted by molar-refractivity contribution is 0.304. The normalized spacial score (nSPS) is 10.4. The molecule has 2 aromatic heterocycles. The smallest absolute Gasteiger partial charge is 0.142 e. The number of aromatic nitrogens is 2. The SMILES string of the molecule is Nc1ccccc1OCc1csc(-c2ccccn2)n1. The van der Waals surface area contributed by atoms with E-state index >= 15 is 0 Å². The van der Waals surface area contributed by atoms with E-state index in [2.05, 4.69) is 9.97 Å². The maximum absolute atomic E-state index is 5.83. The third kappa shape index (κ3) is 2.78. The van der Waals surface area contributed by atoms with Crippen LogP contribution in [0.25, 0.3) is 10.7 Å². The zero-order chi connectivity index (χ0) is 13.8. The molecule has 3 aromatic rings. The minimum absolute atomic E-state index is 0.400. The van der Waals surface area contributed by atoms with Crippen molar-refractivity contribution < 1.29 is 4.74 Å². The van der Waals surface area contributed by atoms with Gasteiger partial charge in [0.1, 0.15) is 17.4 Å². The van der Waals surface area contributed by atoms with Gasteiger partial charge in [-0.25, -0.2) is 4.98 Å². The average Bonchev–Trinajstić information content (AvgIpc) is 2.96. The van der Waals surface area contributed by atoms with E-state index < -0.39 is 0 Å². The van der Waals surface area contributed by atoms with Crippen molar-refractivity contribution in [2.75, 3.05) is 5.73 Å². The van der Waals surface area contributed by atoms with Crippen LogP contribution in [0.1, 0.15) is 5.69 Å². The lowest BCUT2D eigenvalue weighted by Gasteiger charge is -2.06. The van der Waals surface area contributed by atoms with E-state index in [-0.39, 0.29) is 0 Å². The number of rotatable bonds is 4. The fourth-order valence-electron chi connectivity index (χ4n) is 1.74. The van der Waals surface area contributed by atoms with E-state index in [1.54, 1.807) is 17.5 Å². The number of anilines is 1. The van der Waals surface area contributed by atoms with E-state index in [1.165, 1.54) is 0 Å². The molecule has 0 bridgehead atoms. The summed E-state index contributed by atoms with van der Waals surface area (Å²) in [5.74, 6) is 0.680.